The second kappa shape index (κ2) is 10.7. The van der Waals surface area contributed by atoms with Crippen molar-refractivity contribution in [3.63, 3.8) is 0 Å². The van der Waals surface area contributed by atoms with Crippen molar-refractivity contribution in [2.45, 2.75) is 37.5 Å². The number of carbonyl (C=O) groups excluding carboxylic acids is 1. The Morgan fingerprint density at radius 2 is 1.58 bits per heavy atom. The lowest BCUT2D eigenvalue weighted by molar-refractivity contribution is 0.0745. The van der Waals surface area contributed by atoms with Gasteiger partial charge < -0.3 is 14.4 Å². The summed E-state index contributed by atoms with van der Waals surface area (Å²) in [6, 6.07) is 10.4. The summed E-state index contributed by atoms with van der Waals surface area (Å²) >= 11 is 6.20. The van der Waals surface area contributed by atoms with E-state index in [4.69, 9.17) is 11.6 Å². The van der Waals surface area contributed by atoms with Crippen LogP contribution in [0.25, 0.3) is 10.9 Å². The van der Waals surface area contributed by atoms with Gasteiger partial charge >= 0.3 is 0 Å². The number of sulfonamides is 1. The third-order valence-corrected chi connectivity index (χ3v) is 9.80. The van der Waals surface area contributed by atoms with E-state index in [0.717, 1.165) is 36.9 Å². The summed E-state index contributed by atoms with van der Waals surface area (Å²) in [6.45, 7) is 5.18. The molecule has 2 saturated heterocycles. The number of pyridine rings is 1. The lowest BCUT2D eigenvalue weighted by Crippen LogP contribution is -2.49. The third kappa shape index (κ3) is 5.07. The zero-order chi connectivity index (χ0) is 27.0. The molecule has 1 amide bonds. The Kier molecular flexibility index (Phi) is 7.53. The molecule has 5 rings (SSSR count). The first-order valence-electron chi connectivity index (χ1n) is 13.1. The van der Waals surface area contributed by atoms with Gasteiger partial charge in [-0.25, -0.2) is 8.42 Å². The van der Waals surface area contributed by atoms with Crippen molar-refractivity contribution in [1.82, 2.24) is 13.8 Å². The average Bonchev–Trinajstić information content (AvgIpc) is 3.22. The molecule has 0 saturated carbocycles. The zero-order valence-corrected chi connectivity index (χ0v) is 23.4. The summed E-state index contributed by atoms with van der Waals surface area (Å²) in [5, 5.41) is 0.906. The molecule has 3 aromatic rings. The number of amides is 1. The van der Waals surface area contributed by atoms with Gasteiger partial charge in [0.25, 0.3) is 5.91 Å². The number of halogens is 1. The number of aromatic nitrogens is 1. The molecule has 3 heterocycles. The number of piperazine rings is 1. The van der Waals surface area contributed by atoms with Crippen molar-refractivity contribution in [3.05, 3.63) is 69.0 Å². The number of rotatable bonds is 4. The molecular formula is C28H33ClN4O4S. The Bertz CT molecular complexity index is 1540. The average molecular weight is 557 g/mol. The summed E-state index contributed by atoms with van der Waals surface area (Å²) in [5.74, 6) is -0.337. The molecule has 0 atom stereocenters. The van der Waals surface area contributed by atoms with Crippen LogP contribution in [-0.2, 0) is 17.1 Å². The minimum Gasteiger partial charge on any atom is -0.368 e. The second-order valence-electron chi connectivity index (χ2n) is 10.2. The van der Waals surface area contributed by atoms with Crippen LogP contribution in [0.2, 0.25) is 5.02 Å². The Balaban J connectivity index is 1.42. The lowest BCUT2D eigenvalue weighted by Gasteiger charge is -2.37. The summed E-state index contributed by atoms with van der Waals surface area (Å²) in [5.41, 5.74) is 2.36. The predicted molar refractivity (Wildman–Crippen MR) is 151 cm³/mol. The molecule has 2 aromatic carbocycles. The Hall–Kier alpha value is -2.88. The molecule has 0 spiro atoms. The van der Waals surface area contributed by atoms with Gasteiger partial charge in [-0.3, -0.25) is 9.59 Å². The summed E-state index contributed by atoms with van der Waals surface area (Å²) in [6.07, 6.45) is 5.25. The maximum atomic E-state index is 13.5. The molecule has 0 bridgehead atoms. The van der Waals surface area contributed by atoms with Crippen LogP contribution in [-0.4, -0.2) is 67.4 Å². The zero-order valence-electron chi connectivity index (χ0n) is 21.8. The number of benzene rings is 2. The van der Waals surface area contributed by atoms with Gasteiger partial charge in [-0.05, 0) is 55.7 Å². The van der Waals surface area contributed by atoms with Crippen molar-refractivity contribution in [1.29, 1.82) is 0 Å². The van der Waals surface area contributed by atoms with E-state index in [1.54, 1.807) is 34.8 Å². The maximum Gasteiger partial charge on any atom is 0.259 e. The number of aryl methyl sites for hydroxylation is 2. The van der Waals surface area contributed by atoms with Crippen LogP contribution < -0.4 is 10.3 Å². The molecule has 202 valence electrons. The molecule has 10 heteroatoms. The van der Waals surface area contributed by atoms with E-state index >= 15 is 0 Å². The molecule has 2 aliphatic heterocycles. The molecule has 2 aliphatic rings. The van der Waals surface area contributed by atoms with E-state index in [9.17, 15) is 18.0 Å². The van der Waals surface area contributed by atoms with Crippen molar-refractivity contribution >= 4 is 44.1 Å². The highest BCUT2D eigenvalue weighted by molar-refractivity contribution is 7.89. The molecular weight excluding hydrogens is 524 g/mol. The largest absolute Gasteiger partial charge is 0.368 e. The predicted octanol–water partition coefficient (Wildman–Crippen LogP) is 4.03. The van der Waals surface area contributed by atoms with Crippen molar-refractivity contribution in [2.75, 3.05) is 44.2 Å². The molecule has 0 N–H and O–H groups in total. The number of nitrogens with zero attached hydrogens (tertiary/aromatic N) is 4. The van der Waals surface area contributed by atoms with Crippen LogP contribution in [0.5, 0.6) is 0 Å². The minimum atomic E-state index is -3.72. The second-order valence-corrected chi connectivity index (χ2v) is 12.6. The van der Waals surface area contributed by atoms with E-state index in [1.807, 2.05) is 25.1 Å². The van der Waals surface area contributed by atoms with E-state index < -0.39 is 15.5 Å². The van der Waals surface area contributed by atoms with Gasteiger partial charge in [-0.1, -0.05) is 30.5 Å². The fourth-order valence-corrected chi connectivity index (χ4v) is 7.17. The van der Waals surface area contributed by atoms with E-state index in [0.29, 0.717) is 49.8 Å². The smallest absolute Gasteiger partial charge is 0.259 e. The van der Waals surface area contributed by atoms with Crippen LogP contribution in [0, 0.1) is 6.92 Å². The van der Waals surface area contributed by atoms with Crippen molar-refractivity contribution < 1.29 is 13.2 Å². The van der Waals surface area contributed by atoms with Crippen LogP contribution in [0.4, 0.5) is 5.69 Å². The number of anilines is 1. The minimum absolute atomic E-state index is 0.0525. The standard InChI is InChI=1S/C28H33ClN4O4S/c1-20-7-8-21(29)17-26(20)31-13-15-32(16-14-31)28(35)24-19-30(2)25-10-9-22(18-23(25)27(24)34)38(36,37)33-11-5-3-4-6-12-33/h7-10,17-19H,3-6,11-16H2,1-2H3. The first kappa shape index (κ1) is 26.7. The highest BCUT2D eigenvalue weighted by Gasteiger charge is 2.28. The summed E-state index contributed by atoms with van der Waals surface area (Å²) < 4.78 is 30.0. The number of hydrogen-bond donors (Lipinski definition) is 0. The SMILES string of the molecule is Cc1ccc(Cl)cc1N1CCN(C(=O)c2cn(C)c3ccc(S(=O)(=O)N4CCCCCC4)cc3c2=O)CC1. The van der Waals surface area contributed by atoms with Gasteiger partial charge in [0.15, 0.2) is 0 Å². The molecule has 8 nitrogen and oxygen atoms in total. The first-order valence-corrected chi connectivity index (χ1v) is 14.9. The van der Waals surface area contributed by atoms with Crippen LogP contribution in [0.15, 0.2) is 52.3 Å². The summed E-state index contributed by atoms with van der Waals surface area (Å²) in [7, 11) is -1.96. The van der Waals surface area contributed by atoms with Crippen molar-refractivity contribution in [2.24, 2.45) is 7.05 Å². The van der Waals surface area contributed by atoms with Crippen LogP contribution in [0.3, 0.4) is 0 Å². The highest BCUT2D eigenvalue weighted by Crippen LogP contribution is 2.26. The molecule has 2 fully saturated rings. The Morgan fingerprint density at radius 3 is 2.26 bits per heavy atom. The van der Waals surface area contributed by atoms with Gasteiger partial charge in [-0.2, -0.15) is 4.31 Å². The van der Waals surface area contributed by atoms with Crippen LogP contribution in [0.1, 0.15) is 41.6 Å². The maximum absolute atomic E-state index is 13.5. The number of carbonyl (C=O) groups is 1. The molecule has 38 heavy (non-hydrogen) atoms. The fraction of sp³-hybridized carbons (Fsp3) is 0.429. The molecule has 1 aromatic heterocycles. The first-order chi connectivity index (χ1) is 18.2. The van der Waals surface area contributed by atoms with E-state index in [-0.39, 0.29) is 21.8 Å². The molecule has 0 unspecified atom stereocenters. The summed E-state index contributed by atoms with van der Waals surface area (Å²) in [4.78, 5) is 31.0. The van der Waals surface area contributed by atoms with Crippen molar-refractivity contribution in [3.8, 4) is 0 Å². The van der Waals surface area contributed by atoms with Gasteiger partial charge in [-0.15, -0.1) is 0 Å². The van der Waals surface area contributed by atoms with Crippen LogP contribution >= 0.6 is 11.6 Å². The normalized spacial score (nSPS) is 17.6. The molecule has 0 radical (unpaired) electrons. The third-order valence-electron chi connectivity index (χ3n) is 7.67. The quantitative estimate of drug-likeness (QED) is 0.484. The monoisotopic (exact) mass is 556 g/mol. The van der Waals surface area contributed by atoms with Gasteiger partial charge in [0.2, 0.25) is 15.5 Å². The van der Waals surface area contributed by atoms with Gasteiger partial charge in [0.1, 0.15) is 5.56 Å². The fourth-order valence-electron chi connectivity index (χ4n) is 5.46. The van der Waals surface area contributed by atoms with E-state index in [1.165, 1.54) is 10.4 Å². The number of fused-ring (bicyclic) bond motifs is 1. The highest BCUT2D eigenvalue weighted by atomic mass is 35.5. The van der Waals surface area contributed by atoms with Gasteiger partial charge in [0.05, 0.1) is 10.4 Å². The Morgan fingerprint density at radius 1 is 0.895 bits per heavy atom. The van der Waals surface area contributed by atoms with E-state index in [2.05, 4.69) is 4.90 Å². The lowest BCUT2D eigenvalue weighted by atomic mass is 10.1. The Labute approximate surface area is 228 Å². The molecule has 0 aliphatic carbocycles. The topological polar surface area (TPSA) is 82.9 Å². The van der Waals surface area contributed by atoms with Gasteiger partial charge in [0, 0.05) is 68.6 Å². The number of hydrogen-bond acceptors (Lipinski definition) is 5.